The Hall–Kier alpha value is -3.14. The molecule has 2 aromatic heterocycles. The summed E-state index contributed by atoms with van der Waals surface area (Å²) in [5, 5.41) is 0.756. The van der Waals surface area contributed by atoms with E-state index in [2.05, 4.69) is 42.9 Å². The van der Waals surface area contributed by atoms with Gasteiger partial charge in [-0.05, 0) is 29.2 Å². The highest BCUT2D eigenvalue weighted by atomic mass is 16.5. The fraction of sp³-hybridized carbons (Fsp3) is 0.182. The second-order valence-electron chi connectivity index (χ2n) is 7.25. The van der Waals surface area contributed by atoms with Crippen LogP contribution in [-0.2, 0) is 5.41 Å². The van der Waals surface area contributed by atoms with E-state index in [0.29, 0.717) is 11.6 Å². The van der Waals surface area contributed by atoms with Crippen LogP contribution in [0.1, 0.15) is 26.3 Å². The van der Waals surface area contributed by atoms with Crippen LogP contribution in [0.5, 0.6) is 11.6 Å². The second kappa shape index (κ2) is 6.30. The number of benzene rings is 2. The lowest BCUT2D eigenvalue weighted by atomic mass is 9.87. The van der Waals surface area contributed by atoms with E-state index in [1.165, 1.54) is 11.9 Å². The molecule has 0 saturated carbocycles. The Morgan fingerprint density at radius 1 is 0.885 bits per heavy atom. The van der Waals surface area contributed by atoms with Crippen molar-refractivity contribution in [2.75, 3.05) is 0 Å². The third-order valence-corrected chi connectivity index (χ3v) is 4.29. The van der Waals surface area contributed by atoms with Crippen LogP contribution in [-0.4, -0.2) is 9.97 Å². The smallest absolute Gasteiger partial charge is 0.233 e. The molecule has 0 aliphatic heterocycles. The predicted molar refractivity (Wildman–Crippen MR) is 102 cm³/mol. The number of nitrogens with zero attached hydrogens (tertiary/aromatic N) is 2. The van der Waals surface area contributed by atoms with E-state index in [-0.39, 0.29) is 5.41 Å². The highest BCUT2D eigenvalue weighted by molar-refractivity contribution is 5.84. The number of furan rings is 1. The number of rotatable bonds is 3. The third-order valence-electron chi connectivity index (χ3n) is 4.29. The molecule has 0 aliphatic rings. The zero-order chi connectivity index (χ0) is 18.1. The highest BCUT2D eigenvalue weighted by Crippen LogP contribution is 2.33. The number of hydrogen-bond donors (Lipinski definition) is 0. The van der Waals surface area contributed by atoms with Crippen molar-refractivity contribution in [2.45, 2.75) is 26.2 Å². The molecular weight excluding hydrogens is 324 g/mol. The number of aromatic nitrogens is 2. The van der Waals surface area contributed by atoms with E-state index in [1.807, 2.05) is 48.5 Å². The van der Waals surface area contributed by atoms with Gasteiger partial charge >= 0.3 is 0 Å². The van der Waals surface area contributed by atoms with Crippen molar-refractivity contribution in [3.05, 3.63) is 72.6 Å². The average molecular weight is 344 g/mol. The van der Waals surface area contributed by atoms with Gasteiger partial charge in [-0.1, -0.05) is 63.2 Å². The van der Waals surface area contributed by atoms with E-state index < -0.39 is 0 Å². The Morgan fingerprint density at radius 3 is 2.31 bits per heavy atom. The summed E-state index contributed by atoms with van der Waals surface area (Å²) in [7, 11) is 0. The summed E-state index contributed by atoms with van der Waals surface area (Å²) < 4.78 is 11.9. The Balaban J connectivity index is 1.68. The topological polar surface area (TPSA) is 48.2 Å². The van der Waals surface area contributed by atoms with Crippen LogP contribution in [0.3, 0.4) is 0 Å². The third kappa shape index (κ3) is 3.18. The molecule has 0 spiro atoms. The Kier molecular flexibility index (Phi) is 3.96. The Labute approximate surface area is 152 Å². The van der Waals surface area contributed by atoms with E-state index in [9.17, 15) is 0 Å². The van der Waals surface area contributed by atoms with Gasteiger partial charge in [0.1, 0.15) is 23.2 Å². The summed E-state index contributed by atoms with van der Waals surface area (Å²) >= 11 is 0. The van der Waals surface area contributed by atoms with Gasteiger partial charge in [0.2, 0.25) is 11.6 Å². The van der Waals surface area contributed by atoms with Crippen molar-refractivity contribution in [1.82, 2.24) is 9.97 Å². The molecule has 4 rings (SSSR count). The SMILES string of the molecule is CC(C)(C)c1ccc(Oc2ncnc3oc(-c4ccccc4)cc23)cc1. The summed E-state index contributed by atoms with van der Waals surface area (Å²) in [6.45, 7) is 6.56. The summed E-state index contributed by atoms with van der Waals surface area (Å²) in [4.78, 5) is 8.51. The monoisotopic (exact) mass is 344 g/mol. The van der Waals surface area contributed by atoms with Crippen molar-refractivity contribution >= 4 is 11.1 Å². The van der Waals surface area contributed by atoms with Crippen LogP contribution in [0, 0.1) is 0 Å². The first-order valence-electron chi connectivity index (χ1n) is 8.59. The molecule has 4 heteroatoms. The molecule has 0 aliphatic carbocycles. The van der Waals surface area contributed by atoms with Gasteiger partial charge in [-0.2, -0.15) is 0 Å². The molecule has 0 bridgehead atoms. The van der Waals surface area contributed by atoms with E-state index in [1.54, 1.807) is 0 Å². The van der Waals surface area contributed by atoms with Crippen LogP contribution >= 0.6 is 0 Å². The van der Waals surface area contributed by atoms with Crippen LogP contribution in [0.2, 0.25) is 0 Å². The fourth-order valence-electron chi connectivity index (χ4n) is 2.79. The summed E-state index contributed by atoms with van der Waals surface area (Å²) in [6, 6.07) is 19.9. The zero-order valence-corrected chi connectivity index (χ0v) is 15.1. The average Bonchev–Trinajstić information content (AvgIpc) is 3.08. The molecule has 4 aromatic rings. The van der Waals surface area contributed by atoms with Gasteiger partial charge in [-0.15, -0.1) is 0 Å². The quantitative estimate of drug-likeness (QED) is 0.459. The number of fused-ring (bicyclic) bond motifs is 1. The van der Waals surface area contributed by atoms with Crippen LogP contribution < -0.4 is 4.74 Å². The predicted octanol–water partition coefficient (Wildman–Crippen LogP) is 5.98. The summed E-state index contributed by atoms with van der Waals surface area (Å²) in [5.74, 6) is 1.97. The van der Waals surface area contributed by atoms with Gasteiger partial charge < -0.3 is 9.15 Å². The fourth-order valence-corrected chi connectivity index (χ4v) is 2.79. The Bertz CT molecular complexity index is 1030. The normalized spacial score (nSPS) is 11.7. The second-order valence-corrected chi connectivity index (χ2v) is 7.25. The molecule has 0 amide bonds. The minimum absolute atomic E-state index is 0.107. The lowest BCUT2D eigenvalue weighted by Gasteiger charge is -2.19. The summed E-state index contributed by atoms with van der Waals surface area (Å²) in [5.41, 5.74) is 2.87. The maximum atomic E-state index is 6.00. The molecule has 0 N–H and O–H groups in total. The van der Waals surface area contributed by atoms with Crippen LogP contribution in [0.25, 0.3) is 22.4 Å². The highest BCUT2D eigenvalue weighted by Gasteiger charge is 2.15. The largest absolute Gasteiger partial charge is 0.438 e. The molecule has 4 nitrogen and oxygen atoms in total. The molecule has 0 unspecified atom stereocenters. The molecule has 130 valence electrons. The van der Waals surface area contributed by atoms with Crippen molar-refractivity contribution in [2.24, 2.45) is 0 Å². The van der Waals surface area contributed by atoms with E-state index >= 15 is 0 Å². The van der Waals surface area contributed by atoms with Gasteiger partial charge in [0.15, 0.2) is 0 Å². The van der Waals surface area contributed by atoms with Gasteiger partial charge in [0.05, 0.1) is 0 Å². The minimum atomic E-state index is 0.107. The Morgan fingerprint density at radius 2 is 1.62 bits per heavy atom. The van der Waals surface area contributed by atoms with Crippen molar-refractivity contribution in [3.8, 4) is 23.0 Å². The molecule has 0 saturated heterocycles. The van der Waals surface area contributed by atoms with Gasteiger partial charge in [-0.3, -0.25) is 0 Å². The van der Waals surface area contributed by atoms with Gasteiger partial charge in [0.25, 0.3) is 0 Å². The first-order chi connectivity index (χ1) is 12.5. The zero-order valence-electron chi connectivity index (χ0n) is 15.1. The van der Waals surface area contributed by atoms with Crippen LogP contribution in [0.15, 0.2) is 71.4 Å². The molecule has 2 heterocycles. The number of hydrogen-bond acceptors (Lipinski definition) is 4. The van der Waals surface area contributed by atoms with Gasteiger partial charge in [0, 0.05) is 5.56 Å². The molecule has 26 heavy (non-hydrogen) atoms. The van der Waals surface area contributed by atoms with E-state index in [4.69, 9.17) is 9.15 Å². The molecular formula is C22H20N2O2. The first-order valence-corrected chi connectivity index (χ1v) is 8.59. The van der Waals surface area contributed by atoms with E-state index in [0.717, 1.165) is 22.5 Å². The standard InChI is InChI=1S/C22H20N2O2/c1-22(2,3)16-9-11-17(12-10-16)25-20-18-13-19(15-7-5-4-6-8-15)26-21(18)24-14-23-20/h4-14H,1-3H3. The molecule has 0 atom stereocenters. The lowest BCUT2D eigenvalue weighted by molar-refractivity contribution is 0.466. The maximum absolute atomic E-state index is 6.00. The molecule has 2 aromatic carbocycles. The minimum Gasteiger partial charge on any atom is -0.438 e. The first kappa shape index (κ1) is 16.3. The van der Waals surface area contributed by atoms with Crippen molar-refractivity contribution in [1.29, 1.82) is 0 Å². The summed E-state index contributed by atoms with van der Waals surface area (Å²) in [6.07, 6.45) is 1.46. The number of ether oxygens (including phenoxy) is 1. The molecule has 0 radical (unpaired) electrons. The van der Waals surface area contributed by atoms with Crippen molar-refractivity contribution < 1.29 is 9.15 Å². The van der Waals surface area contributed by atoms with Crippen LogP contribution in [0.4, 0.5) is 0 Å². The lowest BCUT2D eigenvalue weighted by Crippen LogP contribution is -2.10. The maximum Gasteiger partial charge on any atom is 0.233 e. The molecule has 0 fully saturated rings. The van der Waals surface area contributed by atoms with Crippen molar-refractivity contribution in [3.63, 3.8) is 0 Å². The van der Waals surface area contributed by atoms with Gasteiger partial charge in [-0.25, -0.2) is 9.97 Å².